The normalized spacial score (nSPS) is 21.2. The third kappa shape index (κ3) is 6.03. The number of nitrogens with one attached hydrogen (secondary N) is 1. The standard InChI is InChI=1S/C25H30F3N5OS/c26-25(27,28)11-7-23-31-20-16-32(15-10-22(20)35-23)14-9-17-3-5-18(6-4-17)30-24(34)19-2-1-13-33-21(19)8-12-29-33/h1-2,8,12-13,17-18H,3-7,9-11,14-16H2,(H,30,34). The number of thiazole rings is 1. The van der Waals surface area contributed by atoms with E-state index in [9.17, 15) is 18.0 Å². The number of halogens is 3. The zero-order valence-electron chi connectivity index (χ0n) is 19.6. The summed E-state index contributed by atoms with van der Waals surface area (Å²) in [4.78, 5) is 20.9. The molecule has 1 amide bonds. The number of fused-ring (bicyclic) bond motifs is 2. The SMILES string of the molecule is O=C(NC1CCC(CCN2CCc3sc(CCC(F)(F)F)nc3C2)CC1)c1cccn2nccc12. The Morgan fingerprint density at radius 2 is 2.03 bits per heavy atom. The van der Waals surface area contributed by atoms with Crippen LogP contribution in [0.3, 0.4) is 0 Å². The number of hydrogen-bond acceptors (Lipinski definition) is 5. The van der Waals surface area contributed by atoms with Gasteiger partial charge in [-0.2, -0.15) is 18.3 Å². The van der Waals surface area contributed by atoms with Crippen molar-refractivity contribution in [1.82, 2.24) is 24.8 Å². The highest BCUT2D eigenvalue weighted by Gasteiger charge is 2.29. The predicted octanol–water partition coefficient (Wildman–Crippen LogP) is 5.02. The molecule has 1 N–H and O–H groups in total. The van der Waals surface area contributed by atoms with Crippen LogP contribution in [0.1, 0.15) is 64.5 Å². The van der Waals surface area contributed by atoms with Crippen LogP contribution < -0.4 is 5.32 Å². The van der Waals surface area contributed by atoms with Crippen molar-refractivity contribution in [2.24, 2.45) is 5.92 Å². The van der Waals surface area contributed by atoms with Crippen molar-refractivity contribution in [3.8, 4) is 0 Å². The van der Waals surface area contributed by atoms with Crippen molar-refractivity contribution >= 4 is 22.8 Å². The molecule has 5 rings (SSSR count). The molecular formula is C25H30F3N5OS. The number of hydrogen-bond donors (Lipinski definition) is 1. The number of rotatable bonds is 7. The maximum atomic E-state index is 12.8. The maximum absolute atomic E-state index is 12.8. The summed E-state index contributed by atoms with van der Waals surface area (Å²) < 4.78 is 39.3. The number of pyridine rings is 1. The number of carbonyl (C=O) groups excluding carboxylic acids is 1. The second-order valence-corrected chi connectivity index (χ2v) is 10.8. The number of carbonyl (C=O) groups is 1. The van der Waals surface area contributed by atoms with Gasteiger partial charge in [0.2, 0.25) is 0 Å². The molecule has 3 aromatic heterocycles. The smallest absolute Gasteiger partial charge is 0.349 e. The third-order valence-electron chi connectivity index (χ3n) is 7.19. The van der Waals surface area contributed by atoms with Crippen LogP contribution in [0.2, 0.25) is 0 Å². The summed E-state index contributed by atoms with van der Waals surface area (Å²) in [7, 11) is 0. The molecule has 35 heavy (non-hydrogen) atoms. The Balaban J connectivity index is 1.05. The zero-order chi connectivity index (χ0) is 24.4. The van der Waals surface area contributed by atoms with Crippen LogP contribution in [0.4, 0.5) is 13.2 Å². The summed E-state index contributed by atoms with van der Waals surface area (Å²) in [5.41, 5.74) is 2.44. The number of nitrogens with zero attached hydrogens (tertiary/aromatic N) is 4. The Hall–Kier alpha value is -2.46. The van der Waals surface area contributed by atoms with E-state index in [2.05, 4.69) is 20.3 Å². The van der Waals surface area contributed by atoms with Gasteiger partial charge in [-0.25, -0.2) is 9.50 Å². The van der Waals surface area contributed by atoms with Gasteiger partial charge < -0.3 is 5.32 Å². The molecule has 1 aliphatic heterocycles. The van der Waals surface area contributed by atoms with Crippen LogP contribution >= 0.6 is 11.3 Å². The highest BCUT2D eigenvalue weighted by atomic mass is 32.1. The molecule has 0 radical (unpaired) electrons. The summed E-state index contributed by atoms with van der Waals surface area (Å²) in [6.07, 6.45) is 4.73. The minimum atomic E-state index is -4.13. The molecule has 4 heterocycles. The van der Waals surface area contributed by atoms with Crippen LogP contribution in [-0.4, -0.2) is 50.7 Å². The first-order valence-corrected chi connectivity index (χ1v) is 13.2. The van der Waals surface area contributed by atoms with E-state index in [1.165, 1.54) is 11.3 Å². The van der Waals surface area contributed by atoms with Crippen molar-refractivity contribution < 1.29 is 18.0 Å². The van der Waals surface area contributed by atoms with Crippen LogP contribution in [-0.2, 0) is 19.4 Å². The molecule has 3 aromatic rings. The fraction of sp³-hybridized carbons (Fsp3) is 0.560. The topological polar surface area (TPSA) is 62.5 Å². The molecule has 2 aliphatic rings. The Morgan fingerprint density at radius 3 is 2.83 bits per heavy atom. The number of aromatic nitrogens is 3. The van der Waals surface area contributed by atoms with Crippen LogP contribution in [0.25, 0.3) is 5.52 Å². The first-order valence-electron chi connectivity index (χ1n) is 12.3. The maximum Gasteiger partial charge on any atom is 0.389 e. The molecule has 1 aliphatic carbocycles. The van der Waals surface area contributed by atoms with Gasteiger partial charge in [-0.15, -0.1) is 11.3 Å². The average Bonchev–Trinajstić information content (AvgIpc) is 3.48. The Morgan fingerprint density at radius 1 is 1.20 bits per heavy atom. The lowest BCUT2D eigenvalue weighted by Gasteiger charge is -2.32. The zero-order valence-corrected chi connectivity index (χ0v) is 20.4. The first kappa shape index (κ1) is 24.2. The van der Waals surface area contributed by atoms with Gasteiger partial charge in [0.15, 0.2) is 0 Å². The number of alkyl halides is 3. The molecule has 0 unspecified atom stereocenters. The van der Waals surface area contributed by atoms with E-state index >= 15 is 0 Å². The summed E-state index contributed by atoms with van der Waals surface area (Å²) in [5.74, 6) is 0.599. The monoisotopic (exact) mass is 505 g/mol. The summed E-state index contributed by atoms with van der Waals surface area (Å²) in [6, 6.07) is 5.72. The molecule has 1 fully saturated rings. The van der Waals surface area contributed by atoms with Crippen LogP contribution in [0.15, 0.2) is 30.6 Å². The number of amides is 1. The van der Waals surface area contributed by atoms with E-state index in [1.54, 1.807) is 10.7 Å². The van der Waals surface area contributed by atoms with Crippen molar-refractivity contribution in [3.63, 3.8) is 0 Å². The Bertz CT molecular complexity index is 1170. The van der Waals surface area contributed by atoms with Crippen molar-refractivity contribution in [2.75, 3.05) is 13.1 Å². The summed E-state index contributed by atoms with van der Waals surface area (Å²) in [5, 5.41) is 8.01. The van der Waals surface area contributed by atoms with Gasteiger partial charge in [-0.05, 0) is 69.2 Å². The molecule has 6 nitrogen and oxygen atoms in total. The molecule has 0 bridgehead atoms. The lowest BCUT2D eigenvalue weighted by molar-refractivity contribution is -0.134. The predicted molar refractivity (Wildman–Crippen MR) is 128 cm³/mol. The van der Waals surface area contributed by atoms with Gasteiger partial charge in [0, 0.05) is 43.0 Å². The van der Waals surface area contributed by atoms with E-state index in [0.717, 1.165) is 74.2 Å². The molecule has 0 atom stereocenters. The van der Waals surface area contributed by atoms with Gasteiger partial charge in [0.1, 0.15) is 0 Å². The summed E-state index contributed by atoms with van der Waals surface area (Å²) >= 11 is 1.45. The molecule has 0 spiro atoms. The fourth-order valence-corrected chi connectivity index (χ4v) is 6.29. The molecule has 188 valence electrons. The van der Waals surface area contributed by atoms with E-state index in [0.29, 0.717) is 16.5 Å². The highest BCUT2D eigenvalue weighted by Crippen LogP contribution is 2.31. The van der Waals surface area contributed by atoms with Gasteiger partial charge in [-0.3, -0.25) is 9.69 Å². The average molecular weight is 506 g/mol. The molecule has 0 aromatic carbocycles. The van der Waals surface area contributed by atoms with Crippen molar-refractivity contribution in [2.45, 2.75) is 70.1 Å². The lowest BCUT2D eigenvalue weighted by Crippen LogP contribution is -2.38. The van der Waals surface area contributed by atoms with Crippen LogP contribution in [0, 0.1) is 5.92 Å². The Labute approximate surface area is 206 Å². The summed E-state index contributed by atoms with van der Waals surface area (Å²) in [6.45, 7) is 2.67. The van der Waals surface area contributed by atoms with Crippen molar-refractivity contribution in [1.29, 1.82) is 0 Å². The second-order valence-electron chi connectivity index (χ2n) is 9.68. The fourth-order valence-electron chi connectivity index (χ4n) is 5.22. The largest absolute Gasteiger partial charge is 0.389 e. The van der Waals surface area contributed by atoms with E-state index < -0.39 is 12.6 Å². The van der Waals surface area contributed by atoms with Crippen LogP contribution in [0.5, 0.6) is 0 Å². The molecule has 1 saturated carbocycles. The lowest BCUT2D eigenvalue weighted by atomic mass is 9.84. The molecule has 10 heteroatoms. The third-order valence-corrected chi connectivity index (χ3v) is 8.41. The first-order chi connectivity index (χ1) is 16.8. The minimum absolute atomic E-state index is 0.0153. The Kier molecular flexibility index (Phi) is 7.11. The molecule has 0 saturated heterocycles. The van der Waals surface area contributed by atoms with Gasteiger partial charge in [-0.1, -0.05) is 0 Å². The van der Waals surface area contributed by atoms with Gasteiger partial charge in [0.05, 0.1) is 28.0 Å². The molecular weight excluding hydrogens is 475 g/mol. The second kappa shape index (κ2) is 10.3. The highest BCUT2D eigenvalue weighted by molar-refractivity contribution is 7.11. The van der Waals surface area contributed by atoms with E-state index in [4.69, 9.17) is 0 Å². The van der Waals surface area contributed by atoms with E-state index in [-0.39, 0.29) is 18.4 Å². The van der Waals surface area contributed by atoms with Gasteiger partial charge >= 0.3 is 6.18 Å². The number of aryl methyl sites for hydroxylation is 1. The quantitative estimate of drug-likeness (QED) is 0.490. The van der Waals surface area contributed by atoms with E-state index in [1.807, 2.05) is 24.4 Å². The van der Waals surface area contributed by atoms with Crippen molar-refractivity contribution in [3.05, 3.63) is 51.7 Å². The van der Waals surface area contributed by atoms with Gasteiger partial charge in [0.25, 0.3) is 5.91 Å². The minimum Gasteiger partial charge on any atom is -0.349 e.